The van der Waals surface area contributed by atoms with E-state index in [-0.39, 0.29) is 11.8 Å². The van der Waals surface area contributed by atoms with E-state index < -0.39 is 0 Å². The van der Waals surface area contributed by atoms with E-state index in [1.54, 1.807) is 18.7 Å². The van der Waals surface area contributed by atoms with Crippen LogP contribution in [0.25, 0.3) is 0 Å². The minimum absolute atomic E-state index is 0.0357. The molecule has 0 spiro atoms. The van der Waals surface area contributed by atoms with Gasteiger partial charge >= 0.3 is 0 Å². The first kappa shape index (κ1) is 14.8. The molecule has 0 rings (SSSR count). The van der Waals surface area contributed by atoms with Gasteiger partial charge in [-0.3, -0.25) is 25.2 Å². The van der Waals surface area contributed by atoms with Crippen LogP contribution in [0, 0.1) is 0 Å². The van der Waals surface area contributed by atoms with E-state index in [9.17, 15) is 14.4 Å². The molecule has 0 heterocycles. The van der Waals surface area contributed by atoms with Crippen molar-refractivity contribution in [3.63, 3.8) is 0 Å². The second-order valence-corrected chi connectivity index (χ2v) is 4.10. The summed E-state index contributed by atoms with van der Waals surface area (Å²) in [7, 11) is 0. The number of hydrogen-bond acceptors (Lipinski definition) is 4. The maximum atomic E-state index is 11.0. The molecule has 0 saturated heterocycles. The molecule has 3 amide bonds. The first-order valence-electron chi connectivity index (χ1n) is 5.03. The van der Waals surface area contributed by atoms with Gasteiger partial charge in [0.25, 0.3) is 0 Å². The van der Waals surface area contributed by atoms with Crippen LogP contribution in [-0.4, -0.2) is 36.3 Å². The number of carbonyl (C=O) groups is 3. The fraction of sp³-hybridized carbons (Fsp3) is 0.667. The van der Waals surface area contributed by atoms with Crippen LogP contribution < -0.4 is 16.2 Å². The monoisotopic (exact) mass is 247 g/mol. The van der Waals surface area contributed by atoms with Crippen LogP contribution in [0.15, 0.2) is 0 Å². The topological polar surface area (TPSA) is 87.3 Å². The second-order valence-electron chi connectivity index (χ2n) is 2.88. The Kier molecular flexibility index (Phi) is 9.49. The lowest BCUT2D eigenvalue weighted by atomic mass is 10.4. The average molecular weight is 247 g/mol. The van der Waals surface area contributed by atoms with Gasteiger partial charge in [0.1, 0.15) is 0 Å². The minimum Gasteiger partial charge on any atom is -0.355 e. The maximum Gasteiger partial charge on any atom is 0.239 e. The van der Waals surface area contributed by atoms with E-state index >= 15 is 0 Å². The molecule has 0 saturated carbocycles. The van der Waals surface area contributed by atoms with Crippen molar-refractivity contribution in [3.8, 4) is 0 Å². The molecule has 0 aromatic heterocycles. The summed E-state index contributed by atoms with van der Waals surface area (Å²) in [6.07, 6.45) is 1.24. The van der Waals surface area contributed by atoms with Crippen LogP contribution >= 0.6 is 11.8 Å². The Morgan fingerprint density at radius 2 is 2.00 bits per heavy atom. The van der Waals surface area contributed by atoms with Crippen LogP contribution in [-0.2, 0) is 14.4 Å². The minimum atomic E-state index is -0.225. The molecule has 0 radical (unpaired) electrons. The highest BCUT2D eigenvalue weighted by Gasteiger charge is 2.00. The molecule has 16 heavy (non-hydrogen) atoms. The zero-order valence-electron chi connectivity index (χ0n) is 9.25. The molecule has 92 valence electrons. The molecule has 7 heteroatoms. The molecule has 0 atom stereocenters. The molecule has 0 aromatic carbocycles. The zero-order chi connectivity index (χ0) is 12.2. The van der Waals surface area contributed by atoms with Crippen molar-refractivity contribution < 1.29 is 14.4 Å². The lowest BCUT2D eigenvalue weighted by Gasteiger charge is -2.04. The van der Waals surface area contributed by atoms with Gasteiger partial charge in [-0.2, -0.15) is 11.8 Å². The lowest BCUT2D eigenvalue weighted by molar-refractivity contribution is -0.124. The quantitative estimate of drug-likeness (QED) is 0.289. The summed E-state index contributed by atoms with van der Waals surface area (Å²) in [5.74, 6) is 1.25. The predicted molar refractivity (Wildman–Crippen MR) is 62.6 cm³/mol. The zero-order valence-corrected chi connectivity index (χ0v) is 10.1. The number of nitrogens with one attached hydrogen (secondary N) is 3. The molecule has 0 unspecified atom stereocenters. The number of rotatable bonds is 9. The van der Waals surface area contributed by atoms with Gasteiger partial charge in [-0.05, 0) is 0 Å². The van der Waals surface area contributed by atoms with Crippen LogP contribution in [0.1, 0.15) is 19.8 Å². The molecular formula is C9H17N3O3S. The van der Waals surface area contributed by atoms with E-state index in [0.29, 0.717) is 31.5 Å². The van der Waals surface area contributed by atoms with Crippen molar-refractivity contribution in [3.05, 3.63) is 0 Å². The van der Waals surface area contributed by atoms with Crippen molar-refractivity contribution in [2.75, 3.05) is 18.1 Å². The Labute approximate surface area is 98.9 Å². The van der Waals surface area contributed by atoms with E-state index in [0.717, 1.165) is 5.75 Å². The summed E-state index contributed by atoms with van der Waals surface area (Å²) in [5.41, 5.74) is 4.29. The predicted octanol–water partition coefficient (Wildman–Crippen LogP) is -0.587. The summed E-state index contributed by atoms with van der Waals surface area (Å²) < 4.78 is 0. The Balaban J connectivity index is 3.23. The van der Waals surface area contributed by atoms with Crippen LogP contribution in [0.5, 0.6) is 0 Å². The van der Waals surface area contributed by atoms with Crippen molar-refractivity contribution >= 4 is 30.0 Å². The highest BCUT2D eigenvalue weighted by molar-refractivity contribution is 7.99. The van der Waals surface area contributed by atoms with Crippen LogP contribution in [0.2, 0.25) is 0 Å². The third kappa shape index (κ3) is 9.32. The van der Waals surface area contributed by atoms with Gasteiger partial charge in [-0.15, -0.1) is 0 Å². The van der Waals surface area contributed by atoms with Gasteiger partial charge < -0.3 is 5.32 Å². The van der Waals surface area contributed by atoms with Crippen molar-refractivity contribution in [1.29, 1.82) is 0 Å². The number of hydrogen-bond donors (Lipinski definition) is 3. The second kappa shape index (κ2) is 10.3. The van der Waals surface area contributed by atoms with Gasteiger partial charge in [0, 0.05) is 30.9 Å². The SMILES string of the molecule is CCC(=O)NCCSCCC(=O)NNC=O. The molecule has 3 N–H and O–H groups in total. The Morgan fingerprint density at radius 3 is 2.62 bits per heavy atom. The number of hydrazine groups is 1. The first-order valence-corrected chi connectivity index (χ1v) is 6.18. The highest BCUT2D eigenvalue weighted by Crippen LogP contribution is 2.00. The highest BCUT2D eigenvalue weighted by atomic mass is 32.2. The lowest BCUT2D eigenvalue weighted by Crippen LogP contribution is -2.36. The Hall–Kier alpha value is -1.24. The van der Waals surface area contributed by atoms with Crippen molar-refractivity contribution in [1.82, 2.24) is 16.2 Å². The average Bonchev–Trinajstić information content (AvgIpc) is 2.30. The molecule has 0 fully saturated rings. The number of amides is 3. The largest absolute Gasteiger partial charge is 0.355 e. The third-order valence-corrected chi connectivity index (χ3v) is 2.62. The molecule has 0 aliphatic heterocycles. The number of carbonyl (C=O) groups excluding carboxylic acids is 3. The smallest absolute Gasteiger partial charge is 0.239 e. The standard InChI is InChI=1S/C9H17N3O3S/c1-2-8(14)10-4-6-16-5-3-9(15)12-11-7-13/h7H,2-6H2,1H3,(H,10,14)(H,11,13)(H,12,15). The normalized spacial score (nSPS) is 9.31. The Bertz CT molecular complexity index is 236. The summed E-state index contributed by atoms with van der Waals surface area (Å²) in [6, 6.07) is 0. The summed E-state index contributed by atoms with van der Waals surface area (Å²) in [4.78, 5) is 31.7. The maximum absolute atomic E-state index is 11.0. The van der Waals surface area contributed by atoms with E-state index in [4.69, 9.17) is 0 Å². The van der Waals surface area contributed by atoms with Gasteiger partial charge in [0.05, 0.1) is 0 Å². The summed E-state index contributed by atoms with van der Waals surface area (Å²) in [5, 5.41) is 2.74. The van der Waals surface area contributed by atoms with Gasteiger partial charge in [0.15, 0.2) is 0 Å². The Morgan fingerprint density at radius 1 is 1.25 bits per heavy atom. The molecule has 0 aliphatic carbocycles. The fourth-order valence-electron chi connectivity index (χ4n) is 0.827. The van der Waals surface area contributed by atoms with Gasteiger partial charge in [-0.25, -0.2) is 0 Å². The first-order chi connectivity index (χ1) is 7.70. The fourth-order valence-corrected chi connectivity index (χ4v) is 1.61. The van der Waals surface area contributed by atoms with Gasteiger partial charge in [0.2, 0.25) is 18.2 Å². The van der Waals surface area contributed by atoms with Crippen molar-refractivity contribution in [2.45, 2.75) is 19.8 Å². The number of thioether (sulfide) groups is 1. The molecule has 0 aromatic rings. The van der Waals surface area contributed by atoms with E-state index in [2.05, 4.69) is 16.2 Å². The summed E-state index contributed by atoms with van der Waals surface area (Å²) >= 11 is 1.58. The van der Waals surface area contributed by atoms with Crippen molar-refractivity contribution in [2.24, 2.45) is 0 Å². The molecule has 0 aliphatic rings. The van der Waals surface area contributed by atoms with Gasteiger partial charge in [-0.1, -0.05) is 6.92 Å². The van der Waals surface area contributed by atoms with Crippen LogP contribution in [0.4, 0.5) is 0 Å². The molecule has 6 nitrogen and oxygen atoms in total. The molecule has 0 bridgehead atoms. The third-order valence-electron chi connectivity index (χ3n) is 1.63. The van der Waals surface area contributed by atoms with E-state index in [1.807, 2.05) is 0 Å². The van der Waals surface area contributed by atoms with E-state index in [1.165, 1.54) is 0 Å². The molecular weight excluding hydrogens is 230 g/mol. The van der Waals surface area contributed by atoms with Crippen LogP contribution in [0.3, 0.4) is 0 Å². The summed E-state index contributed by atoms with van der Waals surface area (Å²) in [6.45, 7) is 2.42.